The van der Waals surface area contributed by atoms with E-state index in [0.717, 1.165) is 0 Å². The molecule has 0 bridgehead atoms. The van der Waals surface area contributed by atoms with Crippen molar-refractivity contribution in [3.63, 3.8) is 0 Å². The molecule has 0 radical (unpaired) electrons. The fourth-order valence-electron chi connectivity index (χ4n) is 0.469. The number of carbonyl (C=O) groups is 1. The molecule has 0 aliphatic rings. The van der Waals surface area contributed by atoms with E-state index in [-0.39, 0.29) is 11.6 Å². The van der Waals surface area contributed by atoms with Crippen molar-refractivity contribution in [1.82, 2.24) is 5.32 Å². The van der Waals surface area contributed by atoms with Crippen LogP contribution in [-0.2, 0) is 4.79 Å². The largest absolute Gasteiger partial charge is 0.359 e. The molecule has 9 heavy (non-hydrogen) atoms. The Balaban J connectivity index is 3.72. The Morgan fingerprint density at radius 2 is 2.00 bits per heavy atom. The third-order valence-corrected chi connectivity index (χ3v) is 2.34. The molecule has 0 aromatic rings. The Morgan fingerprint density at radius 3 is 2.11 bits per heavy atom. The third kappa shape index (κ3) is 2.81. The van der Waals surface area contributed by atoms with Crippen LogP contribution in [0.15, 0.2) is 0 Å². The summed E-state index contributed by atoms with van der Waals surface area (Å²) < 4.78 is 0. The molecule has 0 aromatic heterocycles. The molecule has 0 spiro atoms. The van der Waals surface area contributed by atoms with Gasteiger partial charge in [0, 0.05) is 7.05 Å². The minimum Gasteiger partial charge on any atom is -0.359 e. The zero-order chi connectivity index (χ0) is 7.44. The number of carbonyl (C=O) groups excluding carboxylic acids is 1. The third-order valence-electron chi connectivity index (χ3n) is 1.27. The summed E-state index contributed by atoms with van der Waals surface area (Å²) in [6.07, 6.45) is 0. The van der Waals surface area contributed by atoms with Crippen LogP contribution in [0.4, 0.5) is 0 Å². The summed E-state index contributed by atoms with van der Waals surface area (Å²) in [4.78, 5) is 10.8. The molecule has 0 rings (SSSR count). The number of hydrogen-bond acceptors (Lipinski definition) is 1. The number of rotatable bonds is 2. The Morgan fingerprint density at radius 1 is 1.56 bits per heavy atom. The van der Waals surface area contributed by atoms with Gasteiger partial charge in [-0.1, -0.05) is 13.8 Å². The molecule has 1 N–H and O–H groups in total. The van der Waals surface area contributed by atoms with E-state index < -0.39 is 0 Å². The molecule has 0 aromatic carbocycles. The Kier molecular flexibility index (Phi) is 3.79. The summed E-state index contributed by atoms with van der Waals surface area (Å²) in [6.45, 7) is 4.04. The molecule has 0 aliphatic carbocycles. The summed E-state index contributed by atoms with van der Waals surface area (Å²) in [5, 5.41) is 2.59. The van der Waals surface area contributed by atoms with Crippen LogP contribution in [0.3, 0.4) is 0 Å². The van der Waals surface area contributed by atoms with Gasteiger partial charge in [0.25, 0.3) is 0 Å². The predicted octanol–water partition coefficient (Wildman–Crippen LogP) is 0.632. The van der Waals surface area contributed by atoms with Gasteiger partial charge in [0.15, 0.2) is 0 Å². The minimum absolute atomic E-state index is 0.0509. The Labute approximate surface area is 58.6 Å². The lowest BCUT2D eigenvalue weighted by molar-refractivity contribution is -0.120. The summed E-state index contributed by atoms with van der Waals surface area (Å²) in [5.74, 6) is 0.491. The topological polar surface area (TPSA) is 29.1 Å². The van der Waals surface area contributed by atoms with Gasteiger partial charge in [-0.25, -0.2) is 0 Å². The average molecular weight is 147 g/mol. The maximum Gasteiger partial charge on any atom is 0.226 e. The standard InChI is InChI=1S/C6H14NOP/c1-4(2)5(9)6(8)7-3/h4-5H,9H2,1-3H3,(H,7,8). The monoisotopic (exact) mass is 147 g/mol. The molecule has 0 aliphatic heterocycles. The van der Waals surface area contributed by atoms with E-state index in [1.165, 1.54) is 0 Å². The van der Waals surface area contributed by atoms with Gasteiger partial charge in [-0.2, -0.15) is 0 Å². The van der Waals surface area contributed by atoms with Crippen LogP contribution in [0.2, 0.25) is 0 Å². The maximum absolute atomic E-state index is 10.8. The highest BCUT2D eigenvalue weighted by molar-refractivity contribution is 7.19. The van der Waals surface area contributed by atoms with E-state index in [1.54, 1.807) is 7.05 Å². The fourth-order valence-corrected chi connectivity index (χ4v) is 0.636. The molecular weight excluding hydrogens is 133 g/mol. The Bertz CT molecular complexity index is 103. The first-order chi connectivity index (χ1) is 4.09. The van der Waals surface area contributed by atoms with E-state index in [2.05, 4.69) is 14.6 Å². The molecule has 1 amide bonds. The first kappa shape index (κ1) is 8.90. The van der Waals surface area contributed by atoms with Crippen molar-refractivity contribution in [2.75, 3.05) is 7.05 Å². The highest BCUT2D eigenvalue weighted by Crippen LogP contribution is 2.11. The SMILES string of the molecule is CNC(=O)C(P)C(C)C. The normalized spacial score (nSPS) is 13.4. The molecule has 2 unspecified atom stereocenters. The summed E-state index contributed by atoms with van der Waals surface area (Å²) in [6, 6.07) is 0. The van der Waals surface area contributed by atoms with Gasteiger partial charge in [-0.3, -0.25) is 4.79 Å². The second-order valence-electron chi connectivity index (χ2n) is 2.38. The van der Waals surface area contributed by atoms with Crippen LogP contribution in [0.25, 0.3) is 0 Å². The van der Waals surface area contributed by atoms with Gasteiger partial charge in [0.2, 0.25) is 5.91 Å². The summed E-state index contributed by atoms with van der Waals surface area (Å²) in [7, 11) is 4.18. The van der Waals surface area contributed by atoms with Gasteiger partial charge in [0.05, 0.1) is 5.66 Å². The van der Waals surface area contributed by atoms with Crippen LogP contribution in [0, 0.1) is 5.92 Å². The van der Waals surface area contributed by atoms with E-state index in [9.17, 15) is 4.79 Å². The van der Waals surface area contributed by atoms with Crippen molar-refractivity contribution >= 4 is 15.1 Å². The summed E-state index contributed by atoms with van der Waals surface area (Å²) >= 11 is 0. The number of nitrogens with one attached hydrogen (secondary N) is 1. The number of hydrogen-bond donors (Lipinski definition) is 1. The van der Waals surface area contributed by atoms with Crippen molar-refractivity contribution in [3.8, 4) is 0 Å². The van der Waals surface area contributed by atoms with Crippen LogP contribution in [0.5, 0.6) is 0 Å². The van der Waals surface area contributed by atoms with Crippen LogP contribution in [-0.4, -0.2) is 18.6 Å². The summed E-state index contributed by atoms with van der Waals surface area (Å²) in [5.41, 5.74) is 0.0509. The van der Waals surface area contributed by atoms with Crippen LogP contribution in [0.1, 0.15) is 13.8 Å². The van der Waals surface area contributed by atoms with Crippen LogP contribution < -0.4 is 5.32 Å². The molecule has 0 fully saturated rings. The van der Waals surface area contributed by atoms with Crippen molar-refractivity contribution in [2.24, 2.45) is 5.92 Å². The molecule has 0 heterocycles. The van der Waals surface area contributed by atoms with Crippen molar-refractivity contribution in [3.05, 3.63) is 0 Å². The lowest BCUT2D eigenvalue weighted by atomic mass is 10.1. The minimum atomic E-state index is 0.0509. The van der Waals surface area contributed by atoms with E-state index in [1.807, 2.05) is 13.8 Å². The first-order valence-corrected chi connectivity index (χ1v) is 3.73. The second kappa shape index (κ2) is 3.84. The molecule has 0 saturated carbocycles. The molecule has 3 heteroatoms. The molecule has 2 nitrogen and oxygen atoms in total. The van der Waals surface area contributed by atoms with Crippen LogP contribution >= 0.6 is 9.24 Å². The number of amides is 1. The van der Waals surface area contributed by atoms with Crippen molar-refractivity contribution < 1.29 is 4.79 Å². The van der Waals surface area contributed by atoms with E-state index in [4.69, 9.17) is 0 Å². The molecular formula is C6H14NOP. The highest BCUT2D eigenvalue weighted by atomic mass is 31.0. The molecule has 2 atom stereocenters. The average Bonchev–Trinajstić information content (AvgIpc) is 1.84. The van der Waals surface area contributed by atoms with Crippen molar-refractivity contribution in [2.45, 2.75) is 19.5 Å². The first-order valence-electron chi connectivity index (χ1n) is 3.06. The molecule has 0 saturated heterocycles. The van der Waals surface area contributed by atoms with E-state index in [0.29, 0.717) is 5.92 Å². The van der Waals surface area contributed by atoms with Gasteiger partial charge >= 0.3 is 0 Å². The van der Waals surface area contributed by atoms with Crippen molar-refractivity contribution in [1.29, 1.82) is 0 Å². The Hall–Kier alpha value is -0.100. The zero-order valence-electron chi connectivity index (χ0n) is 6.14. The highest BCUT2D eigenvalue weighted by Gasteiger charge is 2.13. The smallest absolute Gasteiger partial charge is 0.226 e. The predicted molar refractivity (Wildman–Crippen MR) is 42.4 cm³/mol. The quantitative estimate of drug-likeness (QED) is 0.570. The van der Waals surface area contributed by atoms with Gasteiger partial charge < -0.3 is 5.32 Å². The molecule has 54 valence electrons. The second-order valence-corrected chi connectivity index (χ2v) is 3.10. The maximum atomic E-state index is 10.8. The van der Waals surface area contributed by atoms with Gasteiger partial charge in [-0.15, -0.1) is 9.24 Å². The van der Waals surface area contributed by atoms with E-state index >= 15 is 0 Å². The fraction of sp³-hybridized carbons (Fsp3) is 0.833. The zero-order valence-corrected chi connectivity index (χ0v) is 7.29. The van der Waals surface area contributed by atoms with Gasteiger partial charge in [-0.05, 0) is 5.92 Å². The lowest BCUT2D eigenvalue weighted by Gasteiger charge is -2.12. The lowest BCUT2D eigenvalue weighted by Crippen LogP contribution is -2.30. The van der Waals surface area contributed by atoms with Gasteiger partial charge in [0.1, 0.15) is 0 Å².